The maximum absolute atomic E-state index is 12.8. The molecule has 0 aliphatic heterocycles. The number of hydrogen-bond acceptors (Lipinski definition) is 6. The van der Waals surface area contributed by atoms with E-state index in [9.17, 15) is 14.4 Å². The van der Waals surface area contributed by atoms with Crippen LogP contribution in [0.1, 0.15) is 220 Å². The summed E-state index contributed by atoms with van der Waals surface area (Å²) in [5, 5.41) is 0. The maximum atomic E-state index is 12.8. The first kappa shape index (κ1) is 68.8. The minimum Gasteiger partial charge on any atom is -0.462 e. The number of esters is 3. The molecular weight excluding hydrogens is 913 g/mol. The van der Waals surface area contributed by atoms with Crippen molar-refractivity contribution in [3.63, 3.8) is 0 Å². The molecule has 0 fully saturated rings. The molecule has 0 rings (SSSR count). The van der Waals surface area contributed by atoms with Crippen molar-refractivity contribution >= 4 is 17.9 Å². The van der Waals surface area contributed by atoms with Gasteiger partial charge in [-0.1, -0.05) is 242 Å². The van der Waals surface area contributed by atoms with Gasteiger partial charge in [0.2, 0.25) is 0 Å². The molecule has 0 radical (unpaired) electrons. The third-order valence-corrected chi connectivity index (χ3v) is 11.5. The van der Waals surface area contributed by atoms with E-state index in [2.05, 4.69) is 191 Å². The van der Waals surface area contributed by atoms with E-state index in [0.29, 0.717) is 19.3 Å². The van der Waals surface area contributed by atoms with Crippen molar-refractivity contribution in [2.75, 3.05) is 13.2 Å². The Morgan fingerprint density at radius 3 is 0.865 bits per heavy atom. The van der Waals surface area contributed by atoms with E-state index in [1.54, 1.807) is 0 Å². The second kappa shape index (κ2) is 60.3. The summed E-state index contributed by atoms with van der Waals surface area (Å²) < 4.78 is 16.7. The molecule has 0 spiro atoms. The lowest BCUT2D eigenvalue weighted by Gasteiger charge is -2.18. The van der Waals surface area contributed by atoms with Crippen LogP contribution in [0.5, 0.6) is 0 Å². The van der Waals surface area contributed by atoms with E-state index in [-0.39, 0.29) is 37.5 Å². The number of carbonyl (C=O) groups excluding carboxylic acids is 3. The summed E-state index contributed by atoms with van der Waals surface area (Å²) in [6, 6.07) is 0. The van der Waals surface area contributed by atoms with Gasteiger partial charge in [-0.2, -0.15) is 0 Å². The Labute approximate surface area is 453 Å². The van der Waals surface area contributed by atoms with Crippen LogP contribution in [0, 0.1) is 0 Å². The summed E-state index contributed by atoms with van der Waals surface area (Å²) in [7, 11) is 0. The van der Waals surface area contributed by atoms with Crippen molar-refractivity contribution in [2.24, 2.45) is 0 Å². The summed E-state index contributed by atoms with van der Waals surface area (Å²) in [5.41, 5.74) is 0. The fraction of sp³-hybridized carbons (Fsp3) is 0.544. The van der Waals surface area contributed by atoms with Crippen molar-refractivity contribution in [2.45, 2.75) is 226 Å². The predicted octanol–water partition coefficient (Wildman–Crippen LogP) is 19.9. The van der Waals surface area contributed by atoms with Gasteiger partial charge in [-0.05, 0) is 128 Å². The monoisotopic (exact) mass is 1020 g/mol. The molecule has 0 amide bonds. The van der Waals surface area contributed by atoms with Crippen LogP contribution in [0.2, 0.25) is 0 Å². The van der Waals surface area contributed by atoms with Gasteiger partial charge >= 0.3 is 17.9 Å². The number of unbranched alkanes of at least 4 members (excludes halogenated alkanes) is 11. The lowest BCUT2D eigenvalue weighted by atomic mass is 10.1. The quantitative estimate of drug-likeness (QED) is 0.0261. The van der Waals surface area contributed by atoms with Gasteiger partial charge < -0.3 is 14.2 Å². The largest absolute Gasteiger partial charge is 0.462 e. The van der Waals surface area contributed by atoms with Crippen LogP contribution in [0.15, 0.2) is 170 Å². The Kier molecular flexibility index (Phi) is 56.1. The Balaban J connectivity index is 4.34. The Morgan fingerprint density at radius 1 is 0.284 bits per heavy atom. The number of allylic oxidation sites excluding steroid dienone is 28. The molecule has 412 valence electrons. The first-order chi connectivity index (χ1) is 36.5. The van der Waals surface area contributed by atoms with Crippen molar-refractivity contribution in [3.05, 3.63) is 170 Å². The van der Waals surface area contributed by atoms with Gasteiger partial charge in [-0.25, -0.2) is 0 Å². The molecular formula is C68H104O6. The lowest BCUT2D eigenvalue weighted by Crippen LogP contribution is -2.30. The molecule has 0 saturated heterocycles. The van der Waals surface area contributed by atoms with Crippen molar-refractivity contribution in [1.29, 1.82) is 0 Å². The molecule has 0 aliphatic carbocycles. The third-order valence-electron chi connectivity index (χ3n) is 11.5. The van der Waals surface area contributed by atoms with Crippen LogP contribution in [-0.4, -0.2) is 37.2 Å². The highest BCUT2D eigenvalue weighted by atomic mass is 16.6. The van der Waals surface area contributed by atoms with E-state index < -0.39 is 6.10 Å². The van der Waals surface area contributed by atoms with Crippen LogP contribution in [-0.2, 0) is 28.6 Å². The number of rotatable bonds is 50. The molecule has 0 bridgehead atoms. The molecule has 0 aromatic rings. The van der Waals surface area contributed by atoms with Crippen LogP contribution in [0.3, 0.4) is 0 Å². The Bertz CT molecular complexity index is 1740. The second-order valence-electron chi connectivity index (χ2n) is 18.4. The van der Waals surface area contributed by atoms with Gasteiger partial charge in [0.15, 0.2) is 6.10 Å². The summed E-state index contributed by atoms with van der Waals surface area (Å²) in [5.74, 6) is -1.02. The normalized spacial score (nSPS) is 13.4. The maximum Gasteiger partial charge on any atom is 0.306 e. The molecule has 0 N–H and O–H groups in total. The van der Waals surface area contributed by atoms with E-state index >= 15 is 0 Å². The van der Waals surface area contributed by atoms with Gasteiger partial charge in [-0.15, -0.1) is 0 Å². The molecule has 0 aromatic carbocycles. The smallest absolute Gasteiger partial charge is 0.306 e. The molecule has 6 heteroatoms. The fourth-order valence-electron chi connectivity index (χ4n) is 7.17. The third kappa shape index (κ3) is 57.7. The van der Waals surface area contributed by atoms with Gasteiger partial charge in [0, 0.05) is 19.3 Å². The molecule has 0 aliphatic rings. The topological polar surface area (TPSA) is 78.9 Å². The van der Waals surface area contributed by atoms with Gasteiger partial charge in [0.25, 0.3) is 0 Å². The average molecular weight is 1020 g/mol. The molecule has 0 saturated carbocycles. The van der Waals surface area contributed by atoms with E-state index in [0.717, 1.165) is 154 Å². The number of carbonyl (C=O) groups is 3. The van der Waals surface area contributed by atoms with Gasteiger partial charge in [0.05, 0.1) is 0 Å². The SMILES string of the molecule is CC/C=C\C/C=C\C/C=C\C/C=C\C/C=C\C/C=C\C/C=C\CCCCCCCC(=O)OCC(COC(=O)CCCCCCCC)OC(=O)CCC/C=C\C/C=C\C/C=C\C/C=C\C/C=C\C/C=C\C/C=C\CC. The average Bonchev–Trinajstić information content (AvgIpc) is 3.40. The standard InChI is InChI=1S/C68H104O6/c1-4-7-10-13-16-18-20-22-24-26-28-30-32-33-34-35-37-38-40-42-44-46-48-50-52-55-58-61-67(70)73-64-65(63-72-66(69)60-57-54-15-12-9-6-3)74-68(71)62-59-56-53-51-49-47-45-43-41-39-36-31-29-27-25-23-21-19-17-14-11-8-5-2/h7-8,10-11,16-19,22-25,28-31,33-34,37-39,41-42,44-45,47,51,53,65H,4-6,9,12-15,20-21,26-27,32,35-36,40,43,46,48-50,52,54-64H2,1-3H3/b10-7-,11-8-,18-16-,19-17-,24-22-,25-23-,30-28-,31-29-,34-33-,38-37-,41-39-,44-42-,47-45-,53-51-. The minimum absolute atomic E-state index is 0.116. The zero-order chi connectivity index (χ0) is 53.6. The van der Waals surface area contributed by atoms with Crippen molar-refractivity contribution < 1.29 is 28.6 Å². The van der Waals surface area contributed by atoms with E-state index in [1.165, 1.54) is 19.3 Å². The van der Waals surface area contributed by atoms with Crippen molar-refractivity contribution in [1.82, 2.24) is 0 Å². The molecule has 6 nitrogen and oxygen atoms in total. The van der Waals surface area contributed by atoms with Crippen LogP contribution in [0.25, 0.3) is 0 Å². The number of hydrogen-bond donors (Lipinski definition) is 0. The zero-order valence-corrected chi connectivity index (χ0v) is 47.0. The van der Waals surface area contributed by atoms with Gasteiger partial charge in [-0.3, -0.25) is 14.4 Å². The minimum atomic E-state index is -0.823. The summed E-state index contributed by atoms with van der Waals surface area (Å²) in [4.78, 5) is 37.9. The fourth-order valence-corrected chi connectivity index (χ4v) is 7.17. The Hall–Kier alpha value is -5.23. The van der Waals surface area contributed by atoms with Crippen LogP contribution in [0.4, 0.5) is 0 Å². The highest BCUT2D eigenvalue weighted by molar-refractivity contribution is 5.71. The first-order valence-electron chi connectivity index (χ1n) is 29.1. The number of ether oxygens (including phenoxy) is 3. The molecule has 1 unspecified atom stereocenters. The molecule has 1 atom stereocenters. The highest BCUT2D eigenvalue weighted by Crippen LogP contribution is 2.12. The first-order valence-corrected chi connectivity index (χ1v) is 29.1. The van der Waals surface area contributed by atoms with E-state index in [1.807, 2.05) is 0 Å². The molecule has 74 heavy (non-hydrogen) atoms. The second-order valence-corrected chi connectivity index (χ2v) is 18.4. The van der Waals surface area contributed by atoms with Crippen LogP contribution >= 0.6 is 0 Å². The Morgan fingerprint density at radius 2 is 0.541 bits per heavy atom. The van der Waals surface area contributed by atoms with Gasteiger partial charge in [0.1, 0.15) is 13.2 Å². The molecule has 0 heterocycles. The molecule has 0 aromatic heterocycles. The van der Waals surface area contributed by atoms with E-state index in [4.69, 9.17) is 14.2 Å². The summed E-state index contributed by atoms with van der Waals surface area (Å²) in [6.07, 6.45) is 89.5. The van der Waals surface area contributed by atoms with Crippen molar-refractivity contribution in [3.8, 4) is 0 Å². The van der Waals surface area contributed by atoms with Crippen LogP contribution < -0.4 is 0 Å². The summed E-state index contributed by atoms with van der Waals surface area (Å²) >= 11 is 0. The predicted molar refractivity (Wildman–Crippen MR) is 320 cm³/mol. The highest BCUT2D eigenvalue weighted by Gasteiger charge is 2.19. The zero-order valence-electron chi connectivity index (χ0n) is 47.0. The summed E-state index contributed by atoms with van der Waals surface area (Å²) in [6.45, 7) is 6.26. The lowest BCUT2D eigenvalue weighted by molar-refractivity contribution is -0.167.